The number of hydrogen-bond acceptors (Lipinski definition) is 7. The average Bonchev–Trinajstić information content (AvgIpc) is 2.93. The number of benzene rings is 1. The summed E-state index contributed by atoms with van der Waals surface area (Å²) in [6.45, 7) is 5.71. The molecule has 0 aliphatic rings. The fourth-order valence-electron chi connectivity index (χ4n) is 2.54. The van der Waals surface area contributed by atoms with Crippen LogP contribution in [0, 0.1) is 13.8 Å². The molecule has 1 aromatic heterocycles. The molecule has 0 aliphatic heterocycles. The van der Waals surface area contributed by atoms with Crippen molar-refractivity contribution in [2.45, 2.75) is 20.8 Å². The molecule has 0 radical (unpaired) electrons. The minimum Gasteiger partial charge on any atom is -0.493 e. The van der Waals surface area contributed by atoms with E-state index in [9.17, 15) is 14.7 Å². The predicted molar refractivity (Wildman–Crippen MR) is 104 cm³/mol. The summed E-state index contributed by atoms with van der Waals surface area (Å²) in [6, 6.07) is 3.18. The number of thiophene rings is 1. The van der Waals surface area contributed by atoms with Crippen LogP contribution in [0.4, 0.5) is 5.00 Å². The van der Waals surface area contributed by atoms with Crippen molar-refractivity contribution in [1.29, 1.82) is 0 Å². The zero-order valence-electron chi connectivity index (χ0n) is 15.8. The van der Waals surface area contributed by atoms with Crippen LogP contribution >= 0.6 is 11.3 Å². The lowest BCUT2D eigenvalue weighted by molar-refractivity contribution is 0.0526. The molecule has 0 atom stereocenters. The second kappa shape index (κ2) is 8.68. The lowest BCUT2D eigenvalue weighted by atomic mass is 10.1. The number of aliphatic imine (C=N–C) groups is 1. The monoisotopic (exact) mass is 391 g/mol. The Bertz CT molecular complexity index is 900. The molecule has 7 nitrogen and oxygen atoms in total. The van der Waals surface area contributed by atoms with Gasteiger partial charge in [-0.3, -0.25) is 0 Å². The Morgan fingerprint density at radius 2 is 1.89 bits per heavy atom. The van der Waals surface area contributed by atoms with Gasteiger partial charge in [0, 0.05) is 16.7 Å². The van der Waals surface area contributed by atoms with Crippen molar-refractivity contribution in [3.8, 4) is 11.5 Å². The molecular weight excluding hydrogens is 370 g/mol. The number of aryl methyl sites for hydroxylation is 1. The molecule has 144 valence electrons. The van der Waals surface area contributed by atoms with Crippen molar-refractivity contribution in [3.63, 3.8) is 0 Å². The SMILES string of the molecule is CCOC(=O)c1c(/N=C/c2ccc(OC)c(OC)c2C(=O)O)sc(C)c1C. The molecule has 0 bridgehead atoms. The van der Waals surface area contributed by atoms with Crippen LogP contribution in [-0.4, -0.2) is 44.1 Å². The number of carboxylic acid groups (broad SMARTS) is 1. The molecule has 1 aromatic carbocycles. The summed E-state index contributed by atoms with van der Waals surface area (Å²) in [5.41, 5.74) is 1.46. The van der Waals surface area contributed by atoms with Crippen LogP contribution in [0.2, 0.25) is 0 Å². The van der Waals surface area contributed by atoms with Gasteiger partial charge in [-0.15, -0.1) is 11.3 Å². The third-order valence-electron chi connectivity index (χ3n) is 3.96. The van der Waals surface area contributed by atoms with Crippen LogP contribution in [0.1, 0.15) is 43.6 Å². The maximum atomic E-state index is 12.3. The molecule has 2 aromatic rings. The molecule has 0 unspecified atom stereocenters. The van der Waals surface area contributed by atoms with Gasteiger partial charge in [-0.1, -0.05) is 0 Å². The fourth-order valence-corrected chi connectivity index (χ4v) is 3.53. The highest BCUT2D eigenvalue weighted by Crippen LogP contribution is 2.36. The third-order valence-corrected chi connectivity index (χ3v) is 5.07. The van der Waals surface area contributed by atoms with E-state index in [4.69, 9.17) is 14.2 Å². The number of aromatic carboxylic acids is 1. The molecule has 27 heavy (non-hydrogen) atoms. The predicted octanol–water partition coefficient (Wildman–Crippen LogP) is 4.01. The van der Waals surface area contributed by atoms with Gasteiger partial charge in [-0.05, 0) is 38.5 Å². The summed E-state index contributed by atoms with van der Waals surface area (Å²) < 4.78 is 15.5. The molecule has 0 spiro atoms. The van der Waals surface area contributed by atoms with Gasteiger partial charge in [-0.25, -0.2) is 14.6 Å². The Balaban J connectivity index is 2.55. The van der Waals surface area contributed by atoms with Gasteiger partial charge in [0.25, 0.3) is 0 Å². The van der Waals surface area contributed by atoms with Crippen LogP contribution < -0.4 is 9.47 Å². The maximum Gasteiger partial charge on any atom is 0.341 e. The second-order valence-electron chi connectivity index (χ2n) is 5.51. The van der Waals surface area contributed by atoms with E-state index in [1.807, 2.05) is 13.8 Å². The van der Waals surface area contributed by atoms with Crippen molar-refractivity contribution in [2.75, 3.05) is 20.8 Å². The molecule has 1 heterocycles. The number of nitrogens with zero attached hydrogens (tertiary/aromatic N) is 1. The lowest BCUT2D eigenvalue weighted by Crippen LogP contribution is -2.07. The average molecular weight is 391 g/mol. The highest BCUT2D eigenvalue weighted by Gasteiger charge is 2.22. The van der Waals surface area contributed by atoms with Crippen molar-refractivity contribution in [2.24, 2.45) is 4.99 Å². The quantitative estimate of drug-likeness (QED) is 0.566. The van der Waals surface area contributed by atoms with Crippen molar-refractivity contribution < 1.29 is 28.9 Å². The zero-order chi connectivity index (χ0) is 20.1. The van der Waals surface area contributed by atoms with E-state index in [-0.39, 0.29) is 17.9 Å². The first-order valence-corrected chi connectivity index (χ1v) is 8.96. The Morgan fingerprint density at radius 3 is 2.44 bits per heavy atom. The third kappa shape index (κ3) is 4.11. The highest BCUT2D eigenvalue weighted by atomic mass is 32.1. The number of carbonyl (C=O) groups excluding carboxylic acids is 1. The van der Waals surface area contributed by atoms with Gasteiger partial charge >= 0.3 is 11.9 Å². The van der Waals surface area contributed by atoms with E-state index in [0.29, 0.717) is 21.9 Å². The summed E-state index contributed by atoms with van der Waals surface area (Å²) in [4.78, 5) is 29.3. The summed E-state index contributed by atoms with van der Waals surface area (Å²) in [5, 5.41) is 10.1. The standard InChI is InChI=1S/C19H21NO6S/c1-6-26-19(23)14-10(2)11(3)27-17(14)20-9-12-7-8-13(24-4)16(25-5)15(12)18(21)22/h7-9H,6H2,1-5H3,(H,21,22)/b20-9+. The molecule has 1 N–H and O–H groups in total. The van der Waals surface area contributed by atoms with Gasteiger partial charge in [0.2, 0.25) is 0 Å². The highest BCUT2D eigenvalue weighted by molar-refractivity contribution is 7.16. The summed E-state index contributed by atoms with van der Waals surface area (Å²) in [6.07, 6.45) is 1.40. The largest absolute Gasteiger partial charge is 0.493 e. The van der Waals surface area contributed by atoms with Gasteiger partial charge in [0.05, 0.1) is 26.4 Å². The Kier molecular flexibility index (Phi) is 6.57. The maximum absolute atomic E-state index is 12.3. The Morgan fingerprint density at radius 1 is 1.19 bits per heavy atom. The van der Waals surface area contributed by atoms with E-state index in [2.05, 4.69) is 4.99 Å². The van der Waals surface area contributed by atoms with E-state index in [1.165, 1.54) is 31.8 Å². The first-order valence-electron chi connectivity index (χ1n) is 8.15. The Labute approximate surface area is 161 Å². The van der Waals surface area contributed by atoms with E-state index < -0.39 is 11.9 Å². The molecular formula is C19H21NO6S. The van der Waals surface area contributed by atoms with E-state index in [0.717, 1.165) is 10.4 Å². The van der Waals surface area contributed by atoms with Crippen molar-refractivity contribution in [1.82, 2.24) is 0 Å². The second-order valence-corrected chi connectivity index (χ2v) is 6.72. The minimum atomic E-state index is -1.17. The van der Waals surface area contributed by atoms with E-state index in [1.54, 1.807) is 19.1 Å². The van der Waals surface area contributed by atoms with Gasteiger partial charge in [-0.2, -0.15) is 0 Å². The zero-order valence-corrected chi connectivity index (χ0v) is 16.6. The Hall–Kier alpha value is -2.87. The summed E-state index contributed by atoms with van der Waals surface area (Å²) in [5.74, 6) is -1.20. The van der Waals surface area contributed by atoms with Crippen LogP contribution in [-0.2, 0) is 4.74 Å². The summed E-state index contributed by atoms with van der Waals surface area (Å²) in [7, 11) is 2.80. The first kappa shape index (κ1) is 20.4. The molecule has 0 amide bonds. The van der Waals surface area contributed by atoms with Gasteiger partial charge < -0.3 is 19.3 Å². The lowest BCUT2D eigenvalue weighted by Gasteiger charge is -2.12. The van der Waals surface area contributed by atoms with Gasteiger partial charge in [0.1, 0.15) is 10.6 Å². The van der Waals surface area contributed by atoms with Gasteiger partial charge in [0.15, 0.2) is 11.5 Å². The van der Waals surface area contributed by atoms with Crippen LogP contribution in [0.25, 0.3) is 0 Å². The topological polar surface area (TPSA) is 94.4 Å². The number of carbonyl (C=O) groups is 2. The number of esters is 1. The van der Waals surface area contributed by atoms with Crippen LogP contribution in [0.5, 0.6) is 11.5 Å². The number of rotatable bonds is 7. The summed E-state index contributed by atoms with van der Waals surface area (Å²) >= 11 is 1.34. The molecule has 0 fully saturated rings. The van der Waals surface area contributed by atoms with Crippen molar-refractivity contribution in [3.05, 3.63) is 39.3 Å². The normalized spacial score (nSPS) is 10.9. The molecule has 0 aliphatic carbocycles. The molecule has 0 saturated heterocycles. The minimum absolute atomic E-state index is 0.0664. The fraction of sp³-hybridized carbons (Fsp3) is 0.316. The van der Waals surface area contributed by atoms with Crippen LogP contribution in [0.15, 0.2) is 17.1 Å². The molecule has 8 heteroatoms. The number of carboxylic acids is 1. The first-order chi connectivity index (χ1) is 12.8. The smallest absolute Gasteiger partial charge is 0.341 e. The number of ether oxygens (including phenoxy) is 3. The number of hydrogen-bond donors (Lipinski definition) is 1. The molecule has 2 rings (SSSR count). The van der Waals surface area contributed by atoms with Crippen molar-refractivity contribution >= 4 is 34.5 Å². The van der Waals surface area contributed by atoms with Crippen LogP contribution in [0.3, 0.4) is 0 Å². The molecule has 0 saturated carbocycles. The van der Waals surface area contributed by atoms with E-state index >= 15 is 0 Å². The number of methoxy groups -OCH3 is 2.